The van der Waals surface area contributed by atoms with Gasteiger partial charge in [-0.2, -0.15) is 0 Å². The van der Waals surface area contributed by atoms with Crippen molar-refractivity contribution in [3.8, 4) is 5.75 Å². The fourth-order valence-electron chi connectivity index (χ4n) is 0.762. The molecular formula is C8H7F3IO-. The summed E-state index contributed by atoms with van der Waals surface area (Å²) in [5.74, 6) is -0.159. The van der Waals surface area contributed by atoms with Crippen LogP contribution in [0.4, 0.5) is 13.2 Å². The molecule has 0 unspecified atom stereocenters. The molecule has 0 aliphatic heterocycles. The van der Waals surface area contributed by atoms with Gasteiger partial charge in [-0.3, -0.25) is 0 Å². The van der Waals surface area contributed by atoms with Crippen LogP contribution in [0, 0.1) is 3.57 Å². The van der Waals surface area contributed by atoms with Gasteiger partial charge in [-0.1, -0.05) is 0 Å². The van der Waals surface area contributed by atoms with Crippen molar-refractivity contribution in [1.82, 2.24) is 0 Å². The van der Waals surface area contributed by atoms with Crippen molar-refractivity contribution in [3.05, 3.63) is 27.8 Å². The van der Waals surface area contributed by atoms with Gasteiger partial charge < -0.3 is 0 Å². The van der Waals surface area contributed by atoms with Crippen LogP contribution in [0.25, 0.3) is 0 Å². The quantitative estimate of drug-likeness (QED) is 0.527. The van der Waals surface area contributed by atoms with E-state index in [4.69, 9.17) is 0 Å². The Bertz CT molecular complexity index is 268. The Morgan fingerprint density at radius 3 is 2.08 bits per heavy atom. The number of hydrogen-bond donors (Lipinski definition) is 0. The Balaban J connectivity index is 2.70. The first-order valence-corrected chi connectivity index (χ1v) is 6.60. The van der Waals surface area contributed by atoms with Crippen LogP contribution in [0.5, 0.6) is 5.75 Å². The molecule has 0 amide bonds. The van der Waals surface area contributed by atoms with Gasteiger partial charge in [0.25, 0.3) is 0 Å². The summed E-state index contributed by atoms with van der Waals surface area (Å²) in [4.78, 5) is 2.04. The van der Waals surface area contributed by atoms with E-state index in [0.717, 1.165) is 3.57 Å². The van der Waals surface area contributed by atoms with E-state index in [-0.39, 0.29) is 27.0 Å². The maximum atomic E-state index is 11.7. The maximum absolute atomic E-state index is 11.7. The molecule has 0 aliphatic rings. The van der Waals surface area contributed by atoms with Gasteiger partial charge in [0.1, 0.15) is 0 Å². The monoisotopic (exact) mass is 303 g/mol. The average Bonchev–Trinajstić information content (AvgIpc) is 2.03. The van der Waals surface area contributed by atoms with Crippen molar-refractivity contribution in [2.45, 2.75) is 6.36 Å². The average molecular weight is 303 g/mol. The van der Waals surface area contributed by atoms with Crippen LogP contribution >= 0.6 is 0 Å². The summed E-state index contributed by atoms with van der Waals surface area (Å²) >= 11 is -0.0743. The number of hydrogen-bond acceptors (Lipinski definition) is 1. The number of benzene rings is 1. The van der Waals surface area contributed by atoms with Gasteiger partial charge in [0, 0.05) is 0 Å². The van der Waals surface area contributed by atoms with E-state index < -0.39 is 6.36 Å². The number of halogens is 4. The van der Waals surface area contributed by atoms with Crippen molar-refractivity contribution in [2.75, 3.05) is 4.93 Å². The SMILES string of the molecule is C[I-]c1ccc(OC(F)(F)F)cc1. The van der Waals surface area contributed by atoms with Gasteiger partial charge in [-0.25, -0.2) is 0 Å². The fraction of sp³-hybridized carbons (Fsp3) is 0.250. The molecule has 1 aromatic rings. The van der Waals surface area contributed by atoms with Crippen LogP contribution in [0.2, 0.25) is 0 Å². The van der Waals surface area contributed by atoms with E-state index in [9.17, 15) is 13.2 Å². The van der Waals surface area contributed by atoms with E-state index in [1.807, 2.05) is 4.93 Å². The molecule has 0 saturated carbocycles. The molecule has 74 valence electrons. The van der Waals surface area contributed by atoms with E-state index in [1.54, 1.807) is 12.1 Å². The van der Waals surface area contributed by atoms with Crippen LogP contribution in [0.15, 0.2) is 24.3 Å². The van der Waals surface area contributed by atoms with Crippen molar-refractivity contribution >= 4 is 0 Å². The summed E-state index contributed by atoms with van der Waals surface area (Å²) in [7, 11) is 0. The molecule has 1 nitrogen and oxygen atoms in total. The standard InChI is InChI=1S/C8H7F3IO/c1-12-6-2-4-7(5-3-6)13-8(9,10)11/h2-5H,1H3/q-1. The molecule has 13 heavy (non-hydrogen) atoms. The molecule has 5 heteroatoms. The predicted octanol–water partition coefficient (Wildman–Crippen LogP) is -0.526. The molecule has 0 saturated heterocycles. The Labute approximate surface area is 84.2 Å². The van der Waals surface area contributed by atoms with Crippen LogP contribution < -0.4 is 25.9 Å². The molecule has 1 aromatic carbocycles. The summed E-state index contributed by atoms with van der Waals surface area (Å²) in [5, 5.41) is 0. The van der Waals surface area contributed by atoms with Crippen molar-refractivity contribution in [2.24, 2.45) is 0 Å². The summed E-state index contributed by atoms with van der Waals surface area (Å²) < 4.78 is 39.9. The molecule has 1 rings (SSSR count). The van der Waals surface area contributed by atoms with Crippen LogP contribution in [-0.2, 0) is 0 Å². The molecule has 0 atom stereocenters. The Morgan fingerprint density at radius 2 is 1.69 bits per heavy atom. The first kappa shape index (κ1) is 10.6. The van der Waals surface area contributed by atoms with E-state index in [1.165, 1.54) is 12.1 Å². The summed E-state index contributed by atoms with van der Waals surface area (Å²) in [5.41, 5.74) is 0. The summed E-state index contributed by atoms with van der Waals surface area (Å²) in [6, 6.07) is 6.00. The third-order valence-corrected chi connectivity index (χ3v) is 3.23. The Morgan fingerprint density at radius 1 is 1.15 bits per heavy atom. The second-order valence-electron chi connectivity index (χ2n) is 2.19. The number of ether oxygens (including phenoxy) is 1. The summed E-state index contributed by atoms with van der Waals surface area (Å²) in [6.45, 7) is 0. The van der Waals surface area contributed by atoms with E-state index >= 15 is 0 Å². The molecule has 0 spiro atoms. The van der Waals surface area contributed by atoms with Crippen LogP contribution in [-0.4, -0.2) is 11.3 Å². The third-order valence-electron chi connectivity index (χ3n) is 1.27. The first-order valence-electron chi connectivity index (χ1n) is 3.36. The van der Waals surface area contributed by atoms with Gasteiger partial charge in [0.05, 0.1) is 0 Å². The number of alkyl halides is 4. The van der Waals surface area contributed by atoms with Gasteiger partial charge in [-0.05, 0) is 0 Å². The molecule has 0 aromatic heterocycles. The van der Waals surface area contributed by atoms with Gasteiger partial charge in [-0.15, -0.1) is 0 Å². The minimum absolute atomic E-state index is 0.0743. The van der Waals surface area contributed by atoms with E-state index in [0.29, 0.717) is 0 Å². The Hall–Kier alpha value is -0.460. The van der Waals surface area contributed by atoms with Crippen LogP contribution in [0.1, 0.15) is 0 Å². The van der Waals surface area contributed by atoms with Gasteiger partial charge >= 0.3 is 84.0 Å². The van der Waals surface area contributed by atoms with Crippen molar-refractivity contribution in [1.29, 1.82) is 0 Å². The van der Waals surface area contributed by atoms with Crippen LogP contribution in [0.3, 0.4) is 0 Å². The second kappa shape index (κ2) is 4.17. The third kappa shape index (κ3) is 3.84. The topological polar surface area (TPSA) is 9.23 Å². The zero-order chi connectivity index (χ0) is 9.90. The normalized spacial score (nSPS) is 11.7. The van der Waals surface area contributed by atoms with Gasteiger partial charge in [0.15, 0.2) is 0 Å². The molecule has 0 fully saturated rings. The second-order valence-corrected chi connectivity index (χ2v) is 4.52. The molecular weight excluding hydrogens is 296 g/mol. The zero-order valence-corrected chi connectivity index (χ0v) is 8.89. The minimum atomic E-state index is -4.59. The fourth-order valence-corrected chi connectivity index (χ4v) is 1.84. The molecule has 0 bridgehead atoms. The summed E-state index contributed by atoms with van der Waals surface area (Å²) in [6.07, 6.45) is -4.59. The van der Waals surface area contributed by atoms with Crippen molar-refractivity contribution < 1.29 is 39.1 Å². The number of rotatable bonds is 2. The molecule has 0 heterocycles. The Kier molecular flexibility index (Phi) is 3.40. The molecule has 0 radical (unpaired) electrons. The zero-order valence-electron chi connectivity index (χ0n) is 6.73. The van der Waals surface area contributed by atoms with E-state index in [2.05, 4.69) is 4.74 Å². The first-order chi connectivity index (χ1) is 6.01. The van der Waals surface area contributed by atoms with Crippen molar-refractivity contribution in [3.63, 3.8) is 0 Å². The molecule has 0 aliphatic carbocycles. The van der Waals surface area contributed by atoms with Gasteiger partial charge in [0.2, 0.25) is 0 Å². The molecule has 0 N–H and O–H groups in total. The predicted molar refractivity (Wildman–Crippen MR) is 37.7 cm³/mol.